The Kier molecular flexibility index (Phi) is 8.53. The van der Waals surface area contributed by atoms with Crippen LogP contribution in [-0.2, 0) is 16.0 Å². The molecule has 0 saturated carbocycles. The first kappa shape index (κ1) is 25.5. The van der Waals surface area contributed by atoms with Gasteiger partial charge in [-0.25, -0.2) is 23.6 Å². The van der Waals surface area contributed by atoms with Gasteiger partial charge in [0, 0.05) is 5.02 Å². The molecule has 0 saturated heterocycles. The zero-order valence-corrected chi connectivity index (χ0v) is 20.9. The van der Waals surface area contributed by atoms with Gasteiger partial charge in [0.1, 0.15) is 22.0 Å². The van der Waals surface area contributed by atoms with Crippen LogP contribution in [0.2, 0.25) is 5.02 Å². The van der Waals surface area contributed by atoms with E-state index in [0.29, 0.717) is 16.1 Å². The van der Waals surface area contributed by atoms with Gasteiger partial charge in [-0.05, 0) is 56.2 Å². The summed E-state index contributed by atoms with van der Waals surface area (Å²) in [4.78, 5) is 29.2. The van der Waals surface area contributed by atoms with Crippen molar-refractivity contribution in [1.29, 1.82) is 0 Å². The van der Waals surface area contributed by atoms with Crippen LogP contribution in [0.5, 0.6) is 0 Å². The molecule has 180 valence electrons. The molecular formula is C21H21ClFN5O4S2. The third-order valence-electron chi connectivity index (χ3n) is 4.42. The third kappa shape index (κ3) is 6.07. The molecule has 2 heterocycles. The minimum absolute atomic E-state index is 0.0970. The van der Waals surface area contributed by atoms with Crippen LogP contribution in [0.15, 0.2) is 24.5 Å². The van der Waals surface area contributed by atoms with E-state index in [2.05, 4.69) is 20.7 Å². The Hall–Kier alpha value is -3.09. The third-order valence-corrected chi connectivity index (χ3v) is 6.17. The van der Waals surface area contributed by atoms with Gasteiger partial charge < -0.3 is 14.8 Å². The molecule has 0 unspecified atom stereocenters. The molecule has 0 aliphatic carbocycles. The molecule has 0 atom stereocenters. The second kappa shape index (κ2) is 11.4. The van der Waals surface area contributed by atoms with Crippen molar-refractivity contribution in [3.8, 4) is 0 Å². The fourth-order valence-electron chi connectivity index (χ4n) is 2.93. The monoisotopic (exact) mass is 525 g/mol. The summed E-state index contributed by atoms with van der Waals surface area (Å²) in [5, 5.41) is 10.7. The van der Waals surface area contributed by atoms with Crippen LogP contribution in [0.3, 0.4) is 0 Å². The highest BCUT2D eigenvalue weighted by Gasteiger charge is 2.27. The Balaban J connectivity index is 1.75. The molecule has 0 aliphatic heterocycles. The Morgan fingerprint density at radius 2 is 1.91 bits per heavy atom. The number of halogens is 2. The smallest absolute Gasteiger partial charge is 0.348 e. The Bertz CT molecular complexity index is 1230. The topological polar surface area (TPSA) is 107 Å². The first-order valence-electron chi connectivity index (χ1n) is 10.1. The van der Waals surface area contributed by atoms with E-state index in [4.69, 9.17) is 33.3 Å². The van der Waals surface area contributed by atoms with Gasteiger partial charge in [0.05, 0.1) is 25.3 Å². The number of benzene rings is 1. The van der Waals surface area contributed by atoms with Gasteiger partial charge in [-0.15, -0.1) is 16.4 Å². The van der Waals surface area contributed by atoms with Crippen molar-refractivity contribution in [3.63, 3.8) is 0 Å². The van der Waals surface area contributed by atoms with Gasteiger partial charge in [0.15, 0.2) is 5.11 Å². The maximum absolute atomic E-state index is 13.2. The summed E-state index contributed by atoms with van der Waals surface area (Å²) in [5.74, 6) is -1.37. The summed E-state index contributed by atoms with van der Waals surface area (Å²) in [7, 11) is 0. The number of rotatable bonds is 8. The highest BCUT2D eigenvalue weighted by atomic mass is 35.5. The van der Waals surface area contributed by atoms with Gasteiger partial charge >= 0.3 is 11.9 Å². The van der Waals surface area contributed by atoms with E-state index in [0.717, 1.165) is 11.3 Å². The summed E-state index contributed by atoms with van der Waals surface area (Å²) in [6, 6.07) is 4.10. The summed E-state index contributed by atoms with van der Waals surface area (Å²) in [6.07, 6.45) is 1.46. The Morgan fingerprint density at radius 1 is 1.21 bits per heavy atom. The molecule has 3 aromatic rings. The van der Waals surface area contributed by atoms with Gasteiger partial charge in [-0.3, -0.25) is 5.32 Å². The van der Waals surface area contributed by atoms with Crippen LogP contribution in [-0.4, -0.2) is 45.0 Å². The van der Waals surface area contributed by atoms with E-state index in [-0.39, 0.29) is 46.3 Å². The van der Waals surface area contributed by atoms with Crippen LogP contribution in [0.25, 0.3) is 0 Å². The first-order valence-corrected chi connectivity index (χ1v) is 11.7. The van der Waals surface area contributed by atoms with E-state index in [1.807, 2.05) is 0 Å². The molecule has 1 aromatic carbocycles. The molecule has 34 heavy (non-hydrogen) atoms. The quantitative estimate of drug-likeness (QED) is 0.321. The fraction of sp³-hybridized carbons (Fsp3) is 0.286. The summed E-state index contributed by atoms with van der Waals surface area (Å²) in [6.45, 7) is 5.66. The lowest BCUT2D eigenvalue weighted by Crippen LogP contribution is -2.21. The number of aromatic nitrogens is 3. The van der Waals surface area contributed by atoms with Crippen molar-refractivity contribution in [2.24, 2.45) is 0 Å². The second-order valence-electron chi connectivity index (χ2n) is 6.78. The van der Waals surface area contributed by atoms with Crippen LogP contribution in [0.4, 0.5) is 15.3 Å². The maximum atomic E-state index is 13.2. The summed E-state index contributed by atoms with van der Waals surface area (Å²) < 4.78 is 24.9. The number of esters is 2. The van der Waals surface area contributed by atoms with E-state index in [9.17, 15) is 14.0 Å². The standard InChI is InChI=1S/C21H21ClFN5O4S2/c1-4-31-18(29)15-11(3)16(19(30)32-5-2)34-17(15)25-21(33)26-20-24-10-28(27-20)9-12-6-7-13(23)8-14(12)22/h6-8,10H,4-5,9H2,1-3H3,(H2,25,26,27,33). The number of nitrogens with one attached hydrogen (secondary N) is 2. The summed E-state index contributed by atoms with van der Waals surface area (Å²) >= 11 is 12.4. The molecule has 0 radical (unpaired) electrons. The molecule has 9 nitrogen and oxygen atoms in total. The Morgan fingerprint density at radius 3 is 2.59 bits per heavy atom. The largest absolute Gasteiger partial charge is 0.462 e. The molecule has 0 bridgehead atoms. The van der Waals surface area contributed by atoms with E-state index < -0.39 is 17.8 Å². The lowest BCUT2D eigenvalue weighted by atomic mass is 10.1. The number of hydrogen-bond donors (Lipinski definition) is 2. The SMILES string of the molecule is CCOC(=O)c1sc(NC(=S)Nc2ncn(Cc3ccc(F)cc3Cl)n2)c(C(=O)OCC)c1C. The van der Waals surface area contributed by atoms with Gasteiger partial charge in [-0.1, -0.05) is 17.7 Å². The van der Waals surface area contributed by atoms with Crippen LogP contribution >= 0.6 is 35.2 Å². The molecule has 3 rings (SSSR count). The van der Waals surface area contributed by atoms with E-state index in [1.165, 1.54) is 23.1 Å². The number of thiocarbonyl (C=S) groups is 1. The highest BCUT2D eigenvalue weighted by Crippen LogP contribution is 2.34. The van der Waals surface area contributed by atoms with Crippen molar-refractivity contribution in [2.45, 2.75) is 27.3 Å². The van der Waals surface area contributed by atoms with Crippen molar-refractivity contribution in [1.82, 2.24) is 14.8 Å². The summed E-state index contributed by atoms with van der Waals surface area (Å²) in [5.41, 5.74) is 1.30. The highest BCUT2D eigenvalue weighted by molar-refractivity contribution is 7.80. The van der Waals surface area contributed by atoms with Gasteiger partial charge in [-0.2, -0.15) is 0 Å². The Labute approximate surface area is 209 Å². The second-order valence-corrected chi connectivity index (χ2v) is 8.62. The minimum atomic E-state index is -0.587. The number of hydrogen-bond acceptors (Lipinski definition) is 8. The van der Waals surface area contributed by atoms with E-state index in [1.54, 1.807) is 26.8 Å². The number of nitrogens with zero attached hydrogens (tertiary/aromatic N) is 3. The molecule has 2 N–H and O–H groups in total. The molecule has 0 amide bonds. The van der Waals surface area contributed by atoms with Crippen molar-refractivity contribution in [3.05, 3.63) is 56.9 Å². The minimum Gasteiger partial charge on any atom is -0.462 e. The van der Waals surface area contributed by atoms with Crippen LogP contribution in [0.1, 0.15) is 45.0 Å². The number of anilines is 2. The van der Waals surface area contributed by atoms with Crippen molar-refractivity contribution in [2.75, 3.05) is 23.8 Å². The molecule has 0 fully saturated rings. The van der Waals surface area contributed by atoms with Crippen LogP contribution < -0.4 is 10.6 Å². The van der Waals surface area contributed by atoms with E-state index >= 15 is 0 Å². The molecular weight excluding hydrogens is 505 g/mol. The predicted octanol–water partition coefficient (Wildman–Crippen LogP) is 4.65. The van der Waals surface area contributed by atoms with Crippen molar-refractivity contribution < 1.29 is 23.5 Å². The average Bonchev–Trinajstić information content (AvgIpc) is 3.34. The molecule has 2 aromatic heterocycles. The number of carbonyl (C=O) groups is 2. The normalized spacial score (nSPS) is 10.6. The predicted molar refractivity (Wildman–Crippen MR) is 131 cm³/mol. The maximum Gasteiger partial charge on any atom is 0.348 e. The first-order chi connectivity index (χ1) is 16.2. The number of thiophene rings is 1. The zero-order chi connectivity index (χ0) is 24.8. The molecule has 0 spiro atoms. The van der Waals surface area contributed by atoms with Crippen molar-refractivity contribution >= 4 is 63.2 Å². The molecule has 0 aliphatic rings. The zero-order valence-electron chi connectivity index (χ0n) is 18.5. The van der Waals surface area contributed by atoms with Crippen LogP contribution in [0, 0.1) is 12.7 Å². The fourth-order valence-corrected chi connectivity index (χ4v) is 4.51. The average molecular weight is 526 g/mol. The molecule has 13 heteroatoms. The number of ether oxygens (including phenoxy) is 2. The van der Waals surface area contributed by atoms with Gasteiger partial charge in [0.2, 0.25) is 5.95 Å². The van der Waals surface area contributed by atoms with Gasteiger partial charge in [0.25, 0.3) is 0 Å². The lowest BCUT2D eigenvalue weighted by molar-refractivity contribution is 0.0527. The lowest BCUT2D eigenvalue weighted by Gasteiger charge is -2.09. The number of carbonyl (C=O) groups excluding carboxylic acids is 2.